The van der Waals surface area contributed by atoms with E-state index >= 15 is 0 Å². The van der Waals surface area contributed by atoms with E-state index in [-0.39, 0.29) is 6.54 Å². The molecule has 0 aliphatic carbocycles. The summed E-state index contributed by atoms with van der Waals surface area (Å²) in [5, 5.41) is 1.63. The number of hydrogen-bond acceptors (Lipinski definition) is 2. The summed E-state index contributed by atoms with van der Waals surface area (Å²) in [5.41, 5.74) is 4.81. The molecule has 0 aliphatic heterocycles. The van der Waals surface area contributed by atoms with Gasteiger partial charge in [0.05, 0.1) is 0 Å². The van der Waals surface area contributed by atoms with E-state index in [2.05, 4.69) is 0 Å². The van der Waals surface area contributed by atoms with Crippen LogP contribution in [0, 0.1) is 0 Å². The van der Waals surface area contributed by atoms with E-state index in [0.717, 1.165) is 4.90 Å². The van der Waals surface area contributed by atoms with E-state index < -0.39 is 31.2 Å². The van der Waals surface area contributed by atoms with Crippen molar-refractivity contribution in [2.45, 2.75) is 13.1 Å². The molecule has 8 heteroatoms. The number of halogens is 3. The molecule has 0 aliphatic rings. The molecule has 5 nitrogen and oxygen atoms in total. The Hall–Kier alpha value is -1.47. The second-order valence-electron chi connectivity index (χ2n) is 2.75. The quantitative estimate of drug-likeness (QED) is 0.712. The number of likely N-dealkylation sites (N-methyl/N-ethyl adjacent to an activating group) is 1. The molecule has 3 amide bonds. The number of rotatable bonds is 4. The van der Waals surface area contributed by atoms with Gasteiger partial charge in [0.25, 0.3) is 0 Å². The third-order valence-electron chi connectivity index (χ3n) is 1.46. The van der Waals surface area contributed by atoms with Crippen molar-refractivity contribution in [2.24, 2.45) is 5.73 Å². The summed E-state index contributed by atoms with van der Waals surface area (Å²) in [5.74, 6) is -0.779. The fourth-order valence-electron chi connectivity index (χ4n) is 0.803. The van der Waals surface area contributed by atoms with Crippen LogP contribution in [0.15, 0.2) is 0 Å². The summed E-state index contributed by atoms with van der Waals surface area (Å²) >= 11 is 0. The van der Waals surface area contributed by atoms with Crippen LogP contribution in [0.1, 0.15) is 6.92 Å². The summed E-state index contributed by atoms with van der Waals surface area (Å²) in [6.07, 6.45) is -4.47. The van der Waals surface area contributed by atoms with Gasteiger partial charge < -0.3 is 16.0 Å². The molecule has 0 bridgehead atoms. The Bertz CT molecular complexity index is 242. The van der Waals surface area contributed by atoms with Crippen LogP contribution in [0.3, 0.4) is 0 Å². The van der Waals surface area contributed by atoms with Crippen LogP contribution in [-0.4, -0.2) is 42.6 Å². The number of amides is 3. The van der Waals surface area contributed by atoms with E-state index in [1.165, 1.54) is 6.92 Å². The Labute approximate surface area is 84.4 Å². The smallest absolute Gasteiger partial charge is 0.368 e. The van der Waals surface area contributed by atoms with Crippen LogP contribution in [-0.2, 0) is 4.79 Å². The molecule has 0 aromatic carbocycles. The van der Waals surface area contributed by atoms with Crippen molar-refractivity contribution >= 4 is 11.9 Å². The van der Waals surface area contributed by atoms with Crippen molar-refractivity contribution < 1.29 is 22.8 Å². The molecule has 0 fully saturated rings. The molecule has 15 heavy (non-hydrogen) atoms. The Balaban J connectivity index is 4.11. The van der Waals surface area contributed by atoms with Gasteiger partial charge in [0.15, 0.2) is 0 Å². The average Bonchev–Trinajstić information content (AvgIpc) is 2.08. The number of alkyl halides is 3. The lowest BCUT2D eigenvalue weighted by Gasteiger charge is -2.20. The Kier molecular flexibility index (Phi) is 4.89. The second kappa shape index (κ2) is 5.42. The van der Waals surface area contributed by atoms with Crippen LogP contribution < -0.4 is 11.1 Å². The van der Waals surface area contributed by atoms with Gasteiger partial charge in [-0.2, -0.15) is 13.2 Å². The third-order valence-corrected chi connectivity index (χ3v) is 1.46. The average molecular weight is 227 g/mol. The Morgan fingerprint density at radius 2 is 1.93 bits per heavy atom. The molecular weight excluding hydrogens is 215 g/mol. The van der Waals surface area contributed by atoms with Gasteiger partial charge in [0.1, 0.15) is 13.1 Å². The molecule has 0 rings (SSSR count). The molecule has 0 heterocycles. The third kappa shape index (κ3) is 6.58. The van der Waals surface area contributed by atoms with Crippen molar-refractivity contribution in [3.63, 3.8) is 0 Å². The van der Waals surface area contributed by atoms with E-state index in [9.17, 15) is 22.8 Å². The van der Waals surface area contributed by atoms with Crippen LogP contribution in [0.4, 0.5) is 18.0 Å². The van der Waals surface area contributed by atoms with Crippen molar-refractivity contribution in [1.82, 2.24) is 10.2 Å². The molecule has 0 saturated carbocycles. The van der Waals surface area contributed by atoms with Gasteiger partial charge in [-0.3, -0.25) is 4.79 Å². The highest BCUT2D eigenvalue weighted by Crippen LogP contribution is 2.12. The highest BCUT2D eigenvalue weighted by atomic mass is 19.4. The maximum atomic E-state index is 11.7. The highest BCUT2D eigenvalue weighted by Gasteiger charge is 2.28. The first-order valence-corrected chi connectivity index (χ1v) is 4.14. The van der Waals surface area contributed by atoms with Crippen LogP contribution in [0.2, 0.25) is 0 Å². The number of hydrogen-bond donors (Lipinski definition) is 2. The molecule has 0 atom stereocenters. The van der Waals surface area contributed by atoms with E-state index in [0.29, 0.717) is 0 Å². The first-order chi connectivity index (χ1) is 6.76. The Morgan fingerprint density at radius 1 is 1.40 bits per heavy atom. The van der Waals surface area contributed by atoms with Gasteiger partial charge in [0.2, 0.25) is 5.91 Å². The summed E-state index contributed by atoms with van der Waals surface area (Å²) in [4.78, 5) is 22.4. The van der Waals surface area contributed by atoms with Gasteiger partial charge in [-0.1, -0.05) is 0 Å². The second-order valence-corrected chi connectivity index (χ2v) is 2.75. The minimum absolute atomic E-state index is 0.104. The number of urea groups is 1. The molecular formula is C7H12F3N3O2. The first kappa shape index (κ1) is 13.5. The zero-order valence-corrected chi connectivity index (χ0v) is 8.10. The maximum absolute atomic E-state index is 11.7. The molecule has 0 spiro atoms. The highest BCUT2D eigenvalue weighted by molar-refractivity contribution is 5.82. The minimum atomic E-state index is -4.47. The van der Waals surface area contributed by atoms with Gasteiger partial charge in [-0.05, 0) is 6.92 Å². The van der Waals surface area contributed by atoms with Gasteiger partial charge >= 0.3 is 12.2 Å². The number of nitrogens with one attached hydrogen (secondary N) is 1. The lowest BCUT2D eigenvalue weighted by Crippen LogP contribution is -2.46. The lowest BCUT2D eigenvalue weighted by atomic mass is 10.5. The maximum Gasteiger partial charge on any atom is 0.405 e. The number of nitrogens with two attached hydrogens (primary N) is 1. The lowest BCUT2D eigenvalue weighted by molar-refractivity contribution is -0.123. The molecule has 3 N–H and O–H groups in total. The molecule has 88 valence electrons. The molecule has 0 aromatic heterocycles. The SMILES string of the molecule is CCN(CC(N)=O)C(=O)NCC(F)(F)F. The van der Waals surface area contributed by atoms with Crippen molar-refractivity contribution in [1.29, 1.82) is 0 Å². The zero-order chi connectivity index (χ0) is 12.1. The summed E-state index contributed by atoms with van der Waals surface area (Å²) < 4.78 is 35.2. The number of nitrogens with zero attached hydrogens (tertiary/aromatic N) is 1. The van der Waals surface area contributed by atoms with Gasteiger partial charge in [-0.15, -0.1) is 0 Å². The predicted octanol–water partition coefficient (Wildman–Crippen LogP) is 0.0655. The van der Waals surface area contributed by atoms with E-state index in [4.69, 9.17) is 5.73 Å². The van der Waals surface area contributed by atoms with Gasteiger partial charge in [-0.25, -0.2) is 4.79 Å². The predicted molar refractivity (Wildman–Crippen MR) is 45.9 cm³/mol. The van der Waals surface area contributed by atoms with Crippen LogP contribution in [0.5, 0.6) is 0 Å². The summed E-state index contributed by atoms with van der Waals surface area (Å²) in [6, 6.07) is -0.964. The van der Waals surface area contributed by atoms with Crippen molar-refractivity contribution in [3.8, 4) is 0 Å². The molecule has 0 unspecified atom stereocenters. The largest absolute Gasteiger partial charge is 0.405 e. The normalized spacial score (nSPS) is 10.9. The number of primary amides is 1. The molecule has 0 saturated heterocycles. The van der Waals surface area contributed by atoms with Crippen molar-refractivity contribution in [2.75, 3.05) is 19.6 Å². The monoisotopic (exact) mass is 227 g/mol. The topological polar surface area (TPSA) is 75.4 Å². The fourth-order valence-corrected chi connectivity index (χ4v) is 0.803. The van der Waals surface area contributed by atoms with Gasteiger partial charge in [0, 0.05) is 6.54 Å². The fraction of sp³-hybridized carbons (Fsp3) is 0.714. The Morgan fingerprint density at radius 3 is 2.27 bits per heavy atom. The van der Waals surface area contributed by atoms with Crippen LogP contribution >= 0.6 is 0 Å². The van der Waals surface area contributed by atoms with E-state index in [1.807, 2.05) is 0 Å². The number of carbonyl (C=O) groups excluding carboxylic acids is 2. The van der Waals surface area contributed by atoms with E-state index in [1.54, 1.807) is 5.32 Å². The minimum Gasteiger partial charge on any atom is -0.368 e. The summed E-state index contributed by atoms with van der Waals surface area (Å²) in [7, 11) is 0. The first-order valence-electron chi connectivity index (χ1n) is 4.14. The number of carbonyl (C=O) groups is 2. The zero-order valence-electron chi connectivity index (χ0n) is 8.10. The van der Waals surface area contributed by atoms with Crippen molar-refractivity contribution in [3.05, 3.63) is 0 Å². The summed E-state index contributed by atoms with van der Waals surface area (Å²) in [6.45, 7) is -0.204. The van der Waals surface area contributed by atoms with Crippen LogP contribution in [0.25, 0.3) is 0 Å². The molecule has 0 aromatic rings. The standard InChI is InChI=1S/C7H12F3N3O2/c1-2-13(3-5(11)14)6(15)12-4-7(8,9)10/h2-4H2,1H3,(H2,11,14)(H,12,15). The molecule has 0 radical (unpaired) electrons.